The molecule has 9 nitrogen and oxygen atoms in total. The quantitative estimate of drug-likeness (QED) is 0.473. The van der Waals surface area contributed by atoms with Crippen LogP contribution in [-0.2, 0) is 26.2 Å². The number of nitrogens with zero attached hydrogens (tertiary/aromatic N) is 2. The van der Waals surface area contributed by atoms with Crippen LogP contribution in [0.15, 0.2) is 46.9 Å². The second-order valence-corrected chi connectivity index (χ2v) is 11.1. The number of carbonyl (C=O) groups is 2. The first-order valence-electron chi connectivity index (χ1n) is 11.4. The number of hydrogen-bond donors (Lipinski definition) is 1. The Labute approximate surface area is 214 Å². The van der Waals surface area contributed by atoms with Crippen LogP contribution in [0.2, 0.25) is 0 Å². The number of sulfonamides is 1. The summed E-state index contributed by atoms with van der Waals surface area (Å²) in [5, 5.41) is 2.73. The van der Waals surface area contributed by atoms with Crippen molar-refractivity contribution in [3.8, 4) is 11.5 Å². The van der Waals surface area contributed by atoms with Crippen LogP contribution < -0.4 is 19.1 Å². The lowest BCUT2D eigenvalue weighted by Crippen LogP contribution is -2.51. The normalized spacial score (nSPS) is 13.6. The van der Waals surface area contributed by atoms with Gasteiger partial charge in [-0.15, -0.1) is 0 Å². The molecule has 1 unspecified atom stereocenters. The Morgan fingerprint density at radius 2 is 1.80 bits per heavy atom. The van der Waals surface area contributed by atoms with Crippen molar-refractivity contribution in [1.82, 2.24) is 10.2 Å². The van der Waals surface area contributed by atoms with E-state index in [1.54, 1.807) is 32.0 Å². The zero-order chi connectivity index (χ0) is 25.6. The monoisotopic (exact) mass is 567 g/mol. The van der Waals surface area contributed by atoms with Gasteiger partial charge in [0.25, 0.3) is 0 Å². The molecule has 0 aliphatic carbocycles. The van der Waals surface area contributed by atoms with E-state index < -0.39 is 28.5 Å². The van der Waals surface area contributed by atoms with Crippen molar-refractivity contribution in [3.63, 3.8) is 0 Å². The SMILES string of the molecule is CCNC(=O)C(C)N(Cc1cccc(Br)c1)C(=O)CN(c1ccc2c(c1)OCCO2)S(=O)(=O)CC. The number of anilines is 1. The van der Waals surface area contributed by atoms with E-state index >= 15 is 0 Å². The van der Waals surface area contributed by atoms with Gasteiger partial charge in [0, 0.05) is 23.6 Å². The first kappa shape index (κ1) is 26.8. The fourth-order valence-electron chi connectivity index (χ4n) is 3.64. The third kappa shape index (κ3) is 6.66. The molecule has 2 aromatic rings. The smallest absolute Gasteiger partial charge is 0.244 e. The Bertz CT molecular complexity index is 1170. The average molecular weight is 568 g/mol. The molecule has 0 fully saturated rings. The van der Waals surface area contributed by atoms with E-state index in [2.05, 4.69) is 21.2 Å². The minimum Gasteiger partial charge on any atom is -0.486 e. The molecule has 1 N–H and O–H groups in total. The van der Waals surface area contributed by atoms with Crippen LogP contribution in [0, 0.1) is 0 Å². The zero-order valence-corrected chi connectivity index (χ0v) is 22.4. The predicted molar refractivity (Wildman–Crippen MR) is 137 cm³/mol. The summed E-state index contributed by atoms with van der Waals surface area (Å²) in [6.07, 6.45) is 0. The number of halogens is 1. The third-order valence-corrected chi connectivity index (χ3v) is 7.79. The molecule has 0 radical (unpaired) electrons. The summed E-state index contributed by atoms with van der Waals surface area (Å²) < 4.78 is 39.1. The van der Waals surface area contributed by atoms with Gasteiger partial charge >= 0.3 is 0 Å². The molecule has 3 rings (SSSR count). The fourth-order valence-corrected chi connectivity index (χ4v) is 5.14. The van der Waals surface area contributed by atoms with Crippen LogP contribution >= 0.6 is 15.9 Å². The lowest BCUT2D eigenvalue weighted by Gasteiger charge is -2.32. The Morgan fingerprint density at radius 1 is 1.09 bits per heavy atom. The molecule has 190 valence electrons. The van der Waals surface area contributed by atoms with Crippen molar-refractivity contribution in [1.29, 1.82) is 0 Å². The van der Waals surface area contributed by atoms with E-state index in [1.165, 1.54) is 11.8 Å². The van der Waals surface area contributed by atoms with Crippen molar-refractivity contribution < 1.29 is 27.5 Å². The highest BCUT2D eigenvalue weighted by Crippen LogP contribution is 2.35. The molecule has 0 saturated carbocycles. The Kier molecular flexibility index (Phi) is 9.01. The van der Waals surface area contributed by atoms with Crippen LogP contribution in [0.4, 0.5) is 5.69 Å². The number of ether oxygens (including phenoxy) is 2. The number of likely N-dealkylation sites (N-methyl/N-ethyl adjacent to an activating group) is 1. The molecular formula is C24H30BrN3O6S. The maximum absolute atomic E-state index is 13.6. The molecule has 2 aromatic carbocycles. The summed E-state index contributed by atoms with van der Waals surface area (Å²) in [6, 6.07) is 11.3. The third-order valence-electron chi connectivity index (χ3n) is 5.55. The lowest BCUT2D eigenvalue weighted by molar-refractivity contribution is -0.139. The Hall–Kier alpha value is -2.79. The van der Waals surface area contributed by atoms with E-state index in [0.29, 0.717) is 31.3 Å². The minimum absolute atomic E-state index is 0.137. The Morgan fingerprint density at radius 3 is 2.46 bits per heavy atom. The summed E-state index contributed by atoms with van der Waals surface area (Å²) in [4.78, 5) is 27.6. The molecule has 11 heteroatoms. The molecule has 1 aliphatic heterocycles. The largest absolute Gasteiger partial charge is 0.486 e. The zero-order valence-electron chi connectivity index (χ0n) is 20.0. The van der Waals surface area contributed by atoms with E-state index in [-0.39, 0.29) is 23.9 Å². The minimum atomic E-state index is -3.82. The second-order valence-electron chi connectivity index (χ2n) is 7.96. The van der Waals surface area contributed by atoms with Gasteiger partial charge in [0.2, 0.25) is 21.8 Å². The van der Waals surface area contributed by atoms with Gasteiger partial charge in [-0.3, -0.25) is 13.9 Å². The van der Waals surface area contributed by atoms with E-state index in [1.807, 2.05) is 24.3 Å². The molecule has 35 heavy (non-hydrogen) atoms. The second kappa shape index (κ2) is 11.8. The topological polar surface area (TPSA) is 105 Å². The number of amides is 2. The summed E-state index contributed by atoms with van der Waals surface area (Å²) in [5.41, 5.74) is 1.09. The molecule has 0 bridgehead atoms. The highest BCUT2D eigenvalue weighted by Gasteiger charge is 2.31. The predicted octanol–water partition coefficient (Wildman–Crippen LogP) is 2.93. The summed E-state index contributed by atoms with van der Waals surface area (Å²) in [7, 11) is -3.82. The summed E-state index contributed by atoms with van der Waals surface area (Å²) in [5.74, 6) is -0.0945. The van der Waals surface area contributed by atoms with Gasteiger partial charge in [-0.1, -0.05) is 28.1 Å². The fraction of sp³-hybridized carbons (Fsp3) is 0.417. The van der Waals surface area contributed by atoms with Gasteiger partial charge in [-0.25, -0.2) is 8.42 Å². The summed E-state index contributed by atoms with van der Waals surface area (Å²) >= 11 is 3.42. The molecule has 1 aliphatic rings. The van der Waals surface area contributed by atoms with E-state index in [0.717, 1.165) is 14.3 Å². The Balaban J connectivity index is 1.95. The van der Waals surface area contributed by atoms with E-state index in [9.17, 15) is 18.0 Å². The lowest BCUT2D eigenvalue weighted by atomic mass is 10.1. The number of nitrogens with one attached hydrogen (secondary N) is 1. The molecule has 2 amide bonds. The van der Waals surface area contributed by atoms with Crippen LogP contribution in [0.3, 0.4) is 0 Å². The van der Waals surface area contributed by atoms with Crippen LogP contribution in [-0.4, -0.2) is 63.2 Å². The van der Waals surface area contributed by atoms with Gasteiger partial charge in [-0.05, 0) is 50.6 Å². The first-order chi connectivity index (χ1) is 16.7. The molecular weight excluding hydrogens is 538 g/mol. The van der Waals surface area contributed by atoms with Crippen molar-refractivity contribution in [2.75, 3.05) is 36.4 Å². The van der Waals surface area contributed by atoms with Gasteiger partial charge in [0.05, 0.1) is 11.4 Å². The number of benzene rings is 2. The van der Waals surface area contributed by atoms with Gasteiger partial charge in [-0.2, -0.15) is 0 Å². The van der Waals surface area contributed by atoms with Crippen LogP contribution in [0.25, 0.3) is 0 Å². The molecule has 0 aromatic heterocycles. The number of hydrogen-bond acceptors (Lipinski definition) is 6. The molecule has 1 heterocycles. The van der Waals surface area contributed by atoms with Crippen LogP contribution in [0.1, 0.15) is 26.3 Å². The highest BCUT2D eigenvalue weighted by atomic mass is 79.9. The van der Waals surface area contributed by atoms with Crippen molar-refractivity contribution in [2.45, 2.75) is 33.4 Å². The number of rotatable bonds is 10. The maximum atomic E-state index is 13.6. The van der Waals surface area contributed by atoms with Crippen LogP contribution in [0.5, 0.6) is 11.5 Å². The van der Waals surface area contributed by atoms with Gasteiger partial charge < -0.3 is 19.7 Å². The first-order valence-corrected chi connectivity index (χ1v) is 13.8. The van der Waals surface area contributed by atoms with Crippen molar-refractivity contribution >= 4 is 43.5 Å². The van der Waals surface area contributed by atoms with Gasteiger partial charge in [0.15, 0.2) is 11.5 Å². The van der Waals surface area contributed by atoms with Gasteiger partial charge in [0.1, 0.15) is 25.8 Å². The van der Waals surface area contributed by atoms with Crippen molar-refractivity contribution in [2.24, 2.45) is 0 Å². The molecule has 0 spiro atoms. The maximum Gasteiger partial charge on any atom is 0.244 e. The average Bonchev–Trinajstić information content (AvgIpc) is 2.85. The van der Waals surface area contributed by atoms with E-state index in [4.69, 9.17) is 9.47 Å². The highest BCUT2D eigenvalue weighted by molar-refractivity contribution is 9.10. The number of carbonyl (C=O) groups excluding carboxylic acids is 2. The number of fused-ring (bicyclic) bond motifs is 1. The van der Waals surface area contributed by atoms with Crippen molar-refractivity contribution in [3.05, 3.63) is 52.5 Å². The summed E-state index contributed by atoms with van der Waals surface area (Å²) in [6.45, 7) is 5.78. The standard InChI is InChI=1S/C24H30BrN3O6S/c1-4-26-24(30)17(3)27(15-18-7-6-8-19(25)13-18)23(29)16-28(35(31,32)5-2)20-9-10-21-22(14-20)34-12-11-33-21/h6-10,13-14,17H,4-5,11-12,15-16H2,1-3H3,(H,26,30). The molecule has 0 saturated heterocycles. The molecule has 1 atom stereocenters.